The van der Waals surface area contributed by atoms with E-state index in [4.69, 9.17) is 0 Å². The molecule has 3 aromatic carbocycles. The van der Waals surface area contributed by atoms with Crippen LogP contribution >= 0.6 is 0 Å². The summed E-state index contributed by atoms with van der Waals surface area (Å²) in [5.41, 5.74) is 1.03. The van der Waals surface area contributed by atoms with Gasteiger partial charge in [-0.05, 0) is 59.1 Å². The maximum absolute atomic E-state index is 10.7. The summed E-state index contributed by atoms with van der Waals surface area (Å²) in [5, 5.41) is 15.6. The van der Waals surface area contributed by atoms with Crippen molar-refractivity contribution in [3.8, 4) is 0 Å². The Balaban J connectivity index is 1.68. The van der Waals surface area contributed by atoms with Crippen LogP contribution in [0.4, 0.5) is 0 Å². The molecule has 3 aromatic rings. The largest absolute Gasteiger partial charge is 0.387 e. The van der Waals surface area contributed by atoms with Crippen molar-refractivity contribution in [2.45, 2.75) is 25.4 Å². The lowest BCUT2D eigenvalue weighted by Gasteiger charge is -2.28. The molecule has 1 unspecified atom stereocenters. The molecule has 1 aliphatic heterocycles. The zero-order valence-corrected chi connectivity index (χ0v) is 13.4. The highest BCUT2D eigenvalue weighted by Crippen LogP contribution is 2.28. The maximum Gasteiger partial charge on any atom is 0.0917 e. The quantitative estimate of drug-likeness (QED) is 0.720. The van der Waals surface area contributed by atoms with Crippen LogP contribution in [0.25, 0.3) is 21.5 Å². The van der Waals surface area contributed by atoms with E-state index >= 15 is 0 Å². The number of aliphatic hydroxyl groups excluding tert-OH is 1. The van der Waals surface area contributed by atoms with Gasteiger partial charge in [-0.2, -0.15) is 0 Å². The third-order valence-corrected chi connectivity index (χ3v) is 5.04. The van der Waals surface area contributed by atoms with Gasteiger partial charge in [-0.25, -0.2) is 0 Å². The predicted molar refractivity (Wildman–Crippen MR) is 96.7 cm³/mol. The van der Waals surface area contributed by atoms with E-state index in [1.165, 1.54) is 40.8 Å². The number of aliphatic hydroxyl groups is 1. The topological polar surface area (TPSA) is 23.5 Å². The van der Waals surface area contributed by atoms with E-state index in [0.717, 1.165) is 25.2 Å². The van der Waals surface area contributed by atoms with E-state index in [1.807, 2.05) is 0 Å². The minimum Gasteiger partial charge on any atom is -0.387 e. The lowest BCUT2D eigenvalue weighted by Crippen LogP contribution is -2.33. The van der Waals surface area contributed by atoms with E-state index < -0.39 is 6.10 Å². The van der Waals surface area contributed by atoms with E-state index in [2.05, 4.69) is 59.5 Å². The Morgan fingerprint density at radius 1 is 0.826 bits per heavy atom. The van der Waals surface area contributed by atoms with Crippen molar-refractivity contribution in [2.24, 2.45) is 0 Å². The Morgan fingerprint density at radius 3 is 2.35 bits per heavy atom. The van der Waals surface area contributed by atoms with Crippen LogP contribution < -0.4 is 0 Å². The van der Waals surface area contributed by atoms with E-state index in [1.54, 1.807) is 0 Å². The molecule has 0 spiro atoms. The summed E-state index contributed by atoms with van der Waals surface area (Å²) >= 11 is 0. The molecule has 0 aliphatic carbocycles. The summed E-state index contributed by atoms with van der Waals surface area (Å²) in [6, 6.07) is 19.2. The predicted octanol–water partition coefficient (Wildman–Crippen LogP) is 4.51. The molecule has 2 nitrogen and oxygen atoms in total. The van der Waals surface area contributed by atoms with Gasteiger partial charge in [0.15, 0.2) is 0 Å². The molecule has 0 saturated carbocycles. The summed E-state index contributed by atoms with van der Waals surface area (Å²) in [4.78, 5) is 2.39. The number of nitrogens with zero attached hydrogens (tertiary/aromatic N) is 1. The third kappa shape index (κ3) is 2.97. The summed E-state index contributed by atoms with van der Waals surface area (Å²) in [6.07, 6.45) is 3.44. The van der Waals surface area contributed by atoms with Gasteiger partial charge in [-0.15, -0.1) is 0 Å². The fourth-order valence-electron chi connectivity index (χ4n) is 3.72. The smallest absolute Gasteiger partial charge is 0.0917 e. The molecule has 0 aromatic heterocycles. The van der Waals surface area contributed by atoms with Crippen LogP contribution in [-0.2, 0) is 0 Å². The van der Waals surface area contributed by atoms with Gasteiger partial charge in [0.2, 0.25) is 0 Å². The summed E-state index contributed by atoms with van der Waals surface area (Å²) < 4.78 is 0. The second-order valence-corrected chi connectivity index (χ2v) is 6.64. The molecule has 0 radical (unpaired) electrons. The van der Waals surface area contributed by atoms with Crippen molar-refractivity contribution in [3.05, 3.63) is 60.2 Å². The number of likely N-dealkylation sites (tertiary alicyclic amines) is 1. The molecule has 1 fully saturated rings. The highest BCUT2D eigenvalue weighted by atomic mass is 16.3. The summed E-state index contributed by atoms with van der Waals surface area (Å²) in [6.45, 7) is 2.98. The van der Waals surface area contributed by atoms with Crippen molar-refractivity contribution in [1.29, 1.82) is 0 Å². The van der Waals surface area contributed by atoms with Crippen molar-refractivity contribution in [2.75, 3.05) is 19.6 Å². The van der Waals surface area contributed by atoms with Crippen molar-refractivity contribution >= 4 is 21.5 Å². The van der Waals surface area contributed by atoms with Crippen molar-refractivity contribution in [3.63, 3.8) is 0 Å². The van der Waals surface area contributed by atoms with Gasteiger partial charge >= 0.3 is 0 Å². The van der Waals surface area contributed by atoms with Gasteiger partial charge in [0.05, 0.1) is 6.10 Å². The second kappa shape index (κ2) is 6.31. The summed E-state index contributed by atoms with van der Waals surface area (Å²) in [5.74, 6) is 0. The number of hydrogen-bond donors (Lipinski definition) is 1. The second-order valence-electron chi connectivity index (χ2n) is 6.64. The van der Waals surface area contributed by atoms with E-state index in [-0.39, 0.29) is 0 Å². The highest BCUT2D eigenvalue weighted by Gasteiger charge is 2.16. The summed E-state index contributed by atoms with van der Waals surface area (Å²) in [7, 11) is 0. The van der Waals surface area contributed by atoms with Crippen LogP contribution in [0.5, 0.6) is 0 Å². The fourth-order valence-corrected chi connectivity index (χ4v) is 3.72. The number of benzene rings is 3. The van der Waals surface area contributed by atoms with Crippen LogP contribution in [0, 0.1) is 0 Å². The molecular formula is C21H23NO. The molecule has 0 amide bonds. The lowest BCUT2D eigenvalue weighted by molar-refractivity contribution is 0.102. The fraction of sp³-hybridized carbons (Fsp3) is 0.333. The number of hydrogen-bond acceptors (Lipinski definition) is 2. The van der Waals surface area contributed by atoms with Crippen LogP contribution in [0.2, 0.25) is 0 Å². The van der Waals surface area contributed by atoms with E-state index in [0.29, 0.717) is 0 Å². The molecule has 1 saturated heterocycles. The zero-order chi connectivity index (χ0) is 15.6. The van der Waals surface area contributed by atoms with Crippen molar-refractivity contribution in [1.82, 2.24) is 4.90 Å². The van der Waals surface area contributed by atoms with Gasteiger partial charge in [0.1, 0.15) is 0 Å². The lowest BCUT2D eigenvalue weighted by atomic mass is 9.98. The molecule has 1 N–H and O–H groups in total. The maximum atomic E-state index is 10.7. The van der Waals surface area contributed by atoms with Gasteiger partial charge in [0, 0.05) is 6.54 Å². The normalized spacial score (nSPS) is 17.6. The number of fused-ring (bicyclic) bond motifs is 3. The van der Waals surface area contributed by atoms with Crippen LogP contribution in [0.15, 0.2) is 54.6 Å². The first kappa shape index (κ1) is 14.7. The molecule has 1 atom stereocenters. The monoisotopic (exact) mass is 305 g/mol. The standard InChI is InChI=1S/C21H23NO/c23-21(15-22-12-4-1-5-13-22)18-11-10-17-9-8-16-6-2-3-7-19(16)20(17)14-18/h2-3,6-11,14,21,23H,1,4-5,12-13,15H2. The average Bonchev–Trinajstić information content (AvgIpc) is 2.62. The SMILES string of the molecule is OC(CN1CCCCC1)c1ccc2ccc3ccccc3c2c1. The van der Waals surface area contributed by atoms with Crippen LogP contribution in [0.3, 0.4) is 0 Å². The molecule has 2 heteroatoms. The Hall–Kier alpha value is -1.90. The first-order valence-corrected chi connectivity index (χ1v) is 8.63. The molecular weight excluding hydrogens is 282 g/mol. The molecule has 118 valence electrons. The molecule has 1 aliphatic rings. The number of β-amino-alcohol motifs (C(OH)–C–C–N with tert-alkyl or cyclic N) is 1. The van der Waals surface area contributed by atoms with Gasteiger partial charge in [0.25, 0.3) is 0 Å². The van der Waals surface area contributed by atoms with E-state index in [9.17, 15) is 5.11 Å². The molecule has 0 bridgehead atoms. The van der Waals surface area contributed by atoms with Crippen LogP contribution in [-0.4, -0.2) is 29.6 Å². The van der Waals surface area contributed by atoms with Crippen molar-refractivity contribution < 1.29 is 5.11 Å². The average molecular weight is 305 g/mol. The Kier molecular flexibility index (Phi) is 4.02. The zero-order valence-electron chi connectivity index (χ0n) is 13.4. The Labute approximate surface area is 137 Å². The minimum atomic E-state index is -0.406. The minimum absolute atomic E-state index is 0.406. The molecule has 1 heterocycles. The Morgan fingerprint density at radius 2 is 1.52 bits per heavy atom. The van der Waals surface area contributed by atoms with Crippen LogP contribution in [0.1, 0.15) is 30.9 Å². The number of rotatable bonds is 3. The first-order chi connectivity index (χ1) is 11.3. The third-order valence-electron chi connectivity index (χ3n) is 5.04. The Bertz CT molecular complexity index is 820. The molecule has 23 heavy (non-hydrogen) atoms. The van der Waals surface area contributed by atoms with Gasteiger partial charge < -0.3 is 10.0 Å². The molecule has 4 rings (SSSR count). The first-order valence-electron chi connectivity index (χ1n) is 8.63. The van der Waals surface area contributed by atoms with Gasteiger partial charge in [-0.1, -0.05) is 55.0 Å². The highest BCUT2D eigenvalue weighted by molar-refractivity contribution is 6.07. The number of piperidine rings is 1. The van der Waals surface area contributed by atoms with Gasteiger partial charge in [-0.3, -0.25) is 0 Å².